The van der Waals surface area contributed by atoms with E-state index in [1.807, 2.05) is 0 Å². The zero-order chi connectivity index (χ0) is 25.5. The normalized spacial score (nSPS) is 11.3. The van der Waals surface area contributed by atoms with Crippen molar-refractivity contribution in [3.63, 3.8) is 0 Å². The van der Waals surface area contributed by atoms with E-state index in [2.05, 4.69) is 13.8 Å². The van der Waals surface area contributed by atoms with Crippen LogP contribution in [0.15, 0.2) is 0 Å². The van der Waals surface area contributed by atoms with Crippen LogP contribution in [-0.2, 0) is 38.0 Å². The van der Waals surface area contributed by atoms with Gasteiger partial charge in [-0.25, -0.2) is 0 Å². The SMILES string of the molecule is CCCCCCCCC(=O)OCCOCCOCCOCCOCCOCCOCCCCCC. The van der Waals surface area contributed by atoms with Gasteiger partial charge >= 0.3 is 5.97 Å². The predicted molar refractivity (Wildman–Crippen MR) is 138 cm³/mol. The second-order valence-electron chi connectivity index (χ2n) is 8.47. The van der Waals surface area contributed by atoms with Gasteiger partial charge in [0, 0.05) is 13.0 Å². The molecule has 0 aliphatic carbocycles. The van der Waals surface area contributed by atoms with Gasteiger partial charge in [0.05, 0.1) is 72.7 Å². The monoisotopic (exact) mass is 506 g/mol. The highest BCUT2D eigenvalue weighted by Gasteiger charge is 2.02. The molecule has 0 aromatic carbocycles. The summed E-state index contributed by atoms with van der Waals surface area (Å²) in [5.41, 5.74) is 0. The van der Waals surface area contributed by atoms with Crippen molar-refractivity contribution >= 4 is 5.97 Å². The Balaban J connectivity index is 3.09. The lowest BCUT2D eigenvalue weighted by Gasteiger charge is -2.08. The molecule has 8 nitrogen and oxygen atoms in total. The van der Waals surface area contributed by atoms with E-state index in [-0.39, 0.29) is 5.97 Å². The summed E-state index contributed by atoms with van der Waals surface area (Å²) in [7, 11) is 0. The first-order chi connectivity index (χ1) is 17.3. The molecule has 0 amide bonds. The summed E-state index contributed by atoms with van der Waals surface area (Å²) < 4.78 is 37.9. The van der Waals surface area contributed by atoms with Gasteiger partial charge in [0.2, 0.25) is 0 Å². The molecule has 0 unspecified atom stereocenters. The zero-order valence-corrected chi connectivity index (χ0v) is 22.7. The van der Waals surface area contributed by atoms with Gasteiger partial charge in [-0.15, -0.1) is 0 Å². The number of ether oxygens (including phenoxy) is 7. The summed E-state index contributed by atoms with van der Waals surface area (Å²) in [6.45, 7) is 11.4. The highest BCUT2D eigenvalue weighted by molar-refractivity contribution is 5.69. The number of hydrogen-bond acceptors (Lipinski definition) is 8. The molecule has 0 heterocycles. The van der Waals surface area contributed by atoms with E-state index < -0.39 is 0 Å². The van der Waals surface area contributed by atoms with E-state index in [1.54, 1.807) is 0 Å². The molecule has 0 radical (unpaired) electrons. The second-order valence-corrected chi connectivity index (χ2v) is 8.47. The summed E-state index contributed by atoms with van der Waals surface area (Å²) in [6.07, 6.45) is 12.4. The summed E-state index contributed by atoms with van der Waals surface area (Å²) in [5, 5.41) is 0. The maximum atomic E-state index is 11.6. The van der Waals surface area contributed by atoms with Crippen LogP contribution in [-0.4, -0.2) is 91.9 Å². The van der Waals surface area contributed by atoms with Crippen LogP contribution in [0.4, 0.5) is 0 Å². The molecule has 0 saturated carbocycles. The number of esters is 1. The average Bonchev–Trinajstić information content (AvgIpc) is 2.86. The molecule has 0 N–H and O–H groups in total. The van der Waals surface area contributed by atoms with Crippen LogP contribution in [0.2, 0.25) is 0 Å². The Labute approximate surface area is 214 Å². The molecule has 35 heavy (non-hydrogen) atoms. The Bertz CT molecular complexity index is 409. The van der Waals surface area contributed by atoms with Crippen LogP contribution in [0.1, 0.15) is 84.5 Å². The lowest BCUT2D eigenvalue weighted by atomic mass is 10.1. The van der Waals surface area contributed by atoms with Crippen LogP contribution in [0.25, 0.3) is 0 Å². The number of carbonyl (C=O) groups excluding carboxylic acids is 1. The second kappa shape index (κ2) is 31.3. The van der Waals surface area contributed by atoms with Crippen molar-refractivity contribution in [2.75, 3.05) is 85.9 Å². The molecule has 0 saturated heterocycles. The number of rotatable bonds is 30. The minimum Gasteiger partial charge on any atom is -0.463 e. The summed E-state index contributed by atoms with van der Waals surface area (Å²) in [4.78, 5) is 11.6. The summed E-state index contributed by atoms with van der Waals surface area (Å²) >= 11 is 0. The van der Waals surface area contributed by atoms with Crippen molar-refractivity contribution in [3.05, 3.63) is 0 Å². The van der Waals surface area contributed by atoms with Gasteiger partial charge in [-0.2, -0.15) is 0 Å². The minimum absolute atomic E-state index is 0.132. The molecule has 0 aromatic heterocycles. The molecule has 8 heteroatoms. The molecule has 0 spiro atoms. The van der Waals surface area contributed by atoms with E-state index in [0.29, 0.717) is 85.7 Å². The molecule has 0 fully saturated rings. The van der Waals surface area contributed by atoms with Gasteiger partial charge in [0.25, 0.3) is 0 Å². The Hall–Kier alpha value is -0.770. The molecule has 0 aliphatic rings. The van der Waals surface area contributed by atoms with Gasteiger partial charge < -0.3 is 33.2 Å². The molecular weight excluding hydrogens is 452 g/mol. The Morgan fingerprint density at radius 2 is 0.743 bits per heavy atom. The van der Waals surface area contributed by atoms with Crippen molar-refractivity contribution in [3.8, 4) is 0 Å². The molecule has 0 bridgehead atoms. The first-order valence-electron chi connectivity index (χ1n) is 13.9. The quantitative estimate of drug-likeness (QED) is 0.0999. The minimum atomic E-state index is -0.132. The van der Waals surface area contributed by atoms with Crippen molar-refractivity contribution in [1.82, 2.24) is 0 Å². The van der Waals surface area contributed by atoms with E-state index in [0.717, 1.165) is 25.9 Å². The first-order valence-corrected chi connectivity index (χ1v) is 13.9. The standard InChI is InChI=1S/C27H54O8/c1-3-5-7-9-10-11-13-27(28)35-26-25-34-24-23-33-22-21-32-20-19-31-18-17-30-16-15-29-14-12-8-6-4-2/h3-26H2,1-2H3. The van der Waals surface area contributed by atoms with Gasteiger partial charge in [0.1, 0.15) is 6.61 Å². The first kappa shape index (κ1) is 34.2. The largest absolute Gasteiger partial charge is 0.463 e. The van der Waals surface area contributed by atoms with E-state index in [4.69, 9.17) is 33.2 Å². The Morgan fingerprint density at radius 3 is 1.20 bits per heavy atom. The van der Waals surface area contributed by atoms with Crippen molar-refractivity contribution in [2.24, 2.45) is 0 Å². The third-order valence-corrected chi connectivity index (χ3v) is 5.23. The smallest absolute Gasteiger partial charge is 0.305 e. The third kappa shape index (κ3) is 31.2. The maximum Gasteiger partial charge on any atom is 0.305 e. The maximum absolute atomic E-state index is 11.6. The van der Waals surface area contributed by atoms with Crippen LogP contribution < -0.4 is 0 Å². The molecule has 0 atom stereocenters. The Kier molecular flexibility index (Phi) is 30.6. The fourth-order valence-electron chi connectivity index (χ4n) is 3.17. The van der Waals surface area contributed by atoms with Crippen LogP contribution in [0.5, 0.6) is 0 Å². The summed E-state index contributed by atoms with van der Waals surface area (Å²) in [6, 6.07) is 0. The molecule has 0 rings (SSSR count). The van der Waals surface area contributed by atoms with Crippen LogP contribution in [0.3, 0.4) is 0 Å². The number of unbranched alkanes of at least 4 members (excludes halogenated alkanes) is 8. The van der Waals surface area contributed by atoms with E-state index in [9.17, 15) is 4.79 Å². The van der Waals surface area contributed by atoms with Gasteiger partial charge in [-0.3, -0.25) is 4.79 Å². The fraction of sp³-hybridized carbons (Fsp3) is 0.963. The summed E-state index contributed by atoms with van der Waals surface area (Å²) in [5.74, 6) is -0.132. The third-order valence-electron chi connectivity index (χ3n) is 5.23. The van der Waals surface area contributed by atoms with Gasteiger partial charge in [-0.05, 0) is 12.8 Å². The predicted octanol–water partition coefficient (Wildman–Crippen LogP) is 4.96. The molecular formula is C27H54O8. The van der Waals surface area contributed by atoms with Crippen LogP contribution in [0, 0.1) is 0 Å². The lowest BCUT2D eigenvalue weighted by Crippen LogP contribution is -2.15. The Morgan fingerprint density at radius 1 is 0.400 bits per heavy atom. The molecule has 210 valence electrons. The van der Waals surface area contributed by atoms with E-state index >= 15 is 0 Å². The lowest BCUT2D eigenvalue weighted by molar-refractivity contribution is -0.145. The van der Waals surface area contributed by atoms with Crippen molar-refractivity contribution in [1.29, 1.82) is 0 Å². The van der Waals surface area contributed by atoms with E-state index in [1.165, 1.54) is 44.9 Å². The van der Waals surface area contributed by atoms with Crippen molar-refractivity contribution < 1.29 is 38.0 Å². The van der Waals surface area contributed by atoms with Crippen LogP contribution >= 0.6 is 0 Å². The number of hydrogen-bond donors (Lipinski definition) is 0. The topological polar surface area (TPSA) is 81.7 Å². The highest BCUT2D eigenvalue weighted by atomic mass is 16.6. The molecule has 0 aliphatic heterocycles. The fourth-order valence-corrected chi connectivity index (χ4v) is 3.17. The zero-order valence-electron chi connectivity index (χ0n) is 22.7. The van der Waals surface area contributed by atoms with Crippen molar-refractivity contribution in [2.45, 2.75) is 84.5 Å². The number of carbonyl (C=O) groups is 1. The molecule has 0 aromatic rings. The van der Waals surface area contributed by atoms with Gasteiger partial charge in [-0.1, -0.05) is 65.2 Å². The van der Waals surface area contributed by atoms with Gasteiger partial charge in [0.15, 0.2) is 0 Å². The average molecular weight is 507 g/mol. The highest BCUT2D eigenvalue weighted by Crippen LogP contribution is 2.07.